The number of rotatable bonds is 6. The Morgan fingerprint density at radius 3 is 1.19 bits per heavy atom. The molecular weight excluding hydrogens is 833 g/mol. The maximum absolute atomic E-state index is 15.9. The Kier molecular flexibility index (Phi) is 10.7. The SMILES string of the molecule is O=C(O)c1c(OC(F)(F)F)nc(-c2c(F)c(F)c(F)c(F)c2F)c(N(F)C(=O)OC(C(F)(F)F)(C(F)(F)F)C(F)(F)F)c1-c1c(F)c(F)c(F)c(F)c1F. The number of benzene rings is 2. The van der Waals surface area contributed by atoms with Gasteiger partial charge in [-0.1, -0.05) is 4.48 Å². The Balaban J connectivity index is 2.84. The molecule has 2 aromatic carbocycles. The molecule has 54 heavy (non-hydrogen) atoms. The average molecular weight is 834 g/mol. The maximum Gasteiger partial charge on any atom is 0.574 e. The highest BCUT2D eigenvalue weighted by atomic mass is 19.4. The van der Waals surface area contributed by atoms with E-state index in [1.807, 2.05) is 0 Å². The first-order valence-electron chi connectivity index (χ1n) is 12.2. The first-order chi connectivity index (χ1) is 24.2. The van der Waals surface area contributed by atoms with Gasteiger partial charge >= 0.3 is 42.6 Å². The number of carboxylic acids is 1. The third-order valence-corrected chi connectivity index (χ3v) is 6.27. The van der Waals surface area contributed by atoms with Gasteiger partial charge in [-0.25, -0.2) is 58.5 Å². The highest BCUT2D eigenvalue weighted by Gasteiger charge is 2.87. The molecular formula is C24HF23N2O5. The van der Waals surface area contributed by atoms with Gasteiger partial charge < -0.3 is 14.6 Å². The molecule has 0 aliphatic carbocycles. The van der Waals surface area contributed by atoms with E-state index in [1.165, 1.54) is 0 Å². The fourth-order valence-electron chi connectivity index (χ4n) is 4.10. The molecule has 0 spiro atoms. The number of hydrogen-bond donors (Lipinski definition) is 1. The van der Waals surface area contributed by atoms with Gasteiger partial charge in [0.05, 0.1) is 11.1 Å². The molecule has 1 aromatic heterocycles. The zero-order chi connectivity index (χ0) is 42.2. The number of carbonyl (C=O) groups is 2. The number of anilines is 1. The fourth-order valence-corrected chi connectivity index (χ4v) is 4.10. The van der Waals surface area contributed by atoms with Crippen molar-refractivity contribution >= 4 is 17.7 Å². The molecule has 3 rings (SSSR count). The number of pyridine rings is 1. The number of aromatic carboxylic acids is 1. The molecule has 1 N–H and O–H groups in total. The van der Waals surface area contributed by atoms with Crippen molar-refractivity contribution in [3.05, 3.63) is 63.7 Å². The molecule has 0 bridgehead atoms. The van der Waals surface area contributed by atoms with E-state index in [4.69, 9.17) is 0 Å². The fraction of sp³-hybridized carbons (Fsp3) is 0.208. The van der Waals surface area contributed by atoms with Crippen LogP contribution >= 0.6 is 0 Å². The molecule has 0 saturated carbocycles. The predicted molar refractivity (Wildman–Crippen MR) is 119 cm³/mol. The minimum atomic E-state index is -8.05. The van der Waals surface area contributed by atoms with E-state index >= 15 is 13.3 Å². The van der Waals surface area contributed by atoms with E-state index in [0.29, 0.717) is 0 Å². The van der Waals surface area contributed by atoms with Crippen LogP contribution in [-0.4, -0.2) is 52.6 Å². The van der Waals surface area contributed by atoms with Crippen LogP contribution in [0.5, 0.6) is 5.88 Å². The van der Waals surface area contributed by atoms with Gasteiger partial charge in [0.25, 0.3) is 0 Å². The van der Waals surface area contributed by atoms with Crippen LogP contribution in [0.2, 0.25) is 0 Å². The third kappa shape index (κ3) is 6.75. The number of amides is 1. The summed E-state index contributed by atoms with van der Waals surface area (Å²) in [6.45, 7) is 0. The normalized spacial score (nSPS) is 12.9. The monoisotopic (exact) mass is 834 g/mol. The van der Waals surface area contributed by atoms with Gasteiger partial charge in [0.15, 0.2) is 46.5 Å². The maximum atomic E-state index is 15.9. The molecule has 0 unspecified atom stereocenters. The molecule has 0 radical (unpaired) electrons. The van der Waals surface area contributed by atoms with E-state index in [-0.39, 0.29) is 0 Å². The number of carboxylic acid groups (broad SMARTS) is 1. The van der Waals surface area contributed by atoms with Gasteiger partial charge in [-0.2, -0.15) is 39.5 Å². The lowest BCUT2D eigenvalue weighted by Gasteiger charge is -2.37. The first kappa shape index (κ1) is 42.9. The Morgan fingerprint density at radius 2 is 0.870 bits per heavy atom. The zero-order valence-electron chi connectivity index (χ0n) is 23.7. The summed E-state index contributed by atoms with van der Waals surface area (Å²) in [5.41, 5.74) is -28.1. The number of carbonyl (C=O) groups excluding carboxylic acids is 1. The highest BCUT2D eigenvalue weighted by Crippen LogP contribution is 2.56. The Hall–Kier alpha value is -5.48. The molecule has 30 heteroatoms. The number of ether oxygens (including phenoxy) is 2. The van der Waals surface area contributed by atoms with Gasteiger partial charge in [-0.15, -0.1) is 18.3 Å². The zero-order valence-corrected chi connectivity index (χ0v) is 23.7. The van der Waals surface area contributed by atoms with Gasteiger partial charge in [0.2, 0.25) is 17.5 Å². The number of aromatic nitrogens is 1. The Labute approximate surface area is 276 Å². The number of nitrogens with zero attached hydrogens (tertiary/aromatic N) is 2. The molecule has 0 aliphatic heterocycles. The largest absolute Gasteiger partial charge is 0.574 e. The summed E-state index contributed by atoms with van der Waals surface area (Å²) in [5, 5.41) is 6.40. The van der Waals surface area contributed by atoms with Crippen molar-refractivity contribution in [2.24, 2.45) is 0 Å². The third-order valence-electron chi connectivity index (χ3n) is 6.27. The molecule has 0 saturated heterocycles. The second-order valence-electron chi connectivity index (χ2n) is 9.43. The van der Waals surface area contributed by atoms with E-state index in [0.717, 1.165) is 0 Å². The lowest BCUT2D eigenvalue weighted by Crippen LogP contribution is -2.68. The van der Waals surface area contributed by atoms with Crippen LogP contribution in [0.4, 0.5) is 112 Å². The van der Waals surface area contributed by atoms with Gasteiger partial charge in [-0.3, -0.25) is 0 Å². The van der Waals surface area contributed by atoms with Gasteiger partial charge in [0, 0.05) is 5.56 Å². The van der Waals surface area contributed by atoms with Crippen LogP contribution in [-0.2, 0) is 4.74 Å². The van der Waals surface area contributed by atoms with Crippen LogP contribution in [0.15, 0.2) is 0 Å². The number of hydrogen-bond acceptors (Lipinski definition) is 5. The average Bonchev–Trinajstić information content (AvgIpc) is 3.00. The number of alkyl halides is 12. The molecule has 0 atom stereocenters. The topological polar surface area (TPSA) is 89.0 Å². The molecule has 298 valence electrons. The summed E-state index contributed by atoms with van der Waals surface area (Å²) < 4.78 is 326. The summed E-state index contributed by atoms with van der Waals surface area (Å²) in [5.74, 6) is -41.5. The summed E-state index contributed by atoms with van der Waals surface area (Å²) >= 11 is 0. The lowest BCUT2D eigenvalue weighted by atomic mass is 9.93. The molecule has 7 nitrogen and oxygen atoms in total. The van der Waals surface area contributed by atoms with Crippen LogP contribution in [0.1, 0.15) is 10.4 Å². The van der Waals surface area contributed by atoms with Crippen molar-refractivity contribution < 1.29 is 125 Å². The van der Waals surface area contributed by atoms with Crippen molar-refractivity contribution in [1.29, 1.82) is 0 Å². The van der Waals surface area contributed by atoms with Crippen molar-refractivity contribution in [3.63, 3.8) is 0 Å². The minimum Gasteiger partial charge on any atom is -0.477 e. The quantitative estimate of drug-likeness (QED) is 0.115. The van der Waals surface area contributed by atoms with Crippen LogP contribution < -0.4 is 9.86 Å². The first-order valence-corrected chi connectivity index (χ1v) is 12.2. The van der Waals surface area contributed by atoms with Crippen molar-refractivity contribution in [2.45, 2.75) is 30.5 Å². The summed E-state index contributed by atoms with van der Waals surface area (Å²) in [6, 6.07) is 0. The summed E-state index contributed by atoms with van der Waals surface area (Å²) in [4.78, 5) is 26.6. The van der Waals surface area contributed by atoms with Crippen LogP contribution in [0.25, 0.3) is 22.4 Å². The molecule has 1 amide bonds. The predicted octanol–water partition coefficient (Wildman–Crippen LogP) is 9.66. The Bertz CT molecular complexity index is 1960. The second-order valence-corrected chi connectivity index (χ2v) is 9.43. The highest BCUT2D eigenvalue weighted by molar-refractivity contribution is 6.08. The van der Waals surface area contributed by atoms with Gasteiger partial charge in [0.1, 0.15) is 16.9 Å². The van der Waals surface area contributed by atoms with E-state index in [2.05, 4.69) is 14.5 Å². The van der Waals surface area contributed by atoms with Crippen molar-refractivity contribution in [1.82, 2.24) is 4.98 Å². The van der Waals surface area contributed by atoms with Crippen molar-refractivity contribution in [2.75, 3.05) is 5.12 Å². The smallest absolute Gasteiger partial charge is 0.477 e. The minimum absolute atomic E-state index is 2.12. The van der Waals surface area contributed by atoms with E-state index in [1.54, 1.807) is 0 Å². The summed E-state index contributed by atoms with van der Waals surface area (Å²) in [6.07, 6.45) is -35.4. The lowest BCUT2D eigenvalue weighted by molar-refractivity contribution is -0.443. The van der Waals surface area contributed by atoms with Crippen LogP contribution in [0.3, 0.4) is 0 Å². The molecule has 1 heterocycles. The molecule has 0 aliphatic rings. The molecule has 3 aromatic rings. The van der Waals surface area contributed by atoms with Crippen molar-refractivity contribution in [3.8, 4) is 28.3 Å². The Morgan fingerprint density at radius 1 is 0.537 bits per heavy atom. The van der Waals surface area contributed by atoms with Gasteiger partial charge in [-0.05, 0) is 0 Å². The number of halogens is 23. The molecule has 0 fully saturated rings. The van der Waals surface area contributed by atoms with E-state index in [9.17, 15) is 103 Å². The standard InChI is InChI=1S/C24HF23N2O5/c25-5-2(6(26)10(30)13(33)9(5)29)1-3(18(50)51)17(53-24(44,45)46)48-15(4-7(27)11(31)14(34)12(32)8(4)28)16(1)49(47)19(52)54-20(21(35,36)37,22(38,39)40)23(41,42)43/h(H,50,51). The summed E-state index contributed by atoms with van der Waals surface area (Å²) in [7, 11) is 0. The van der Waals surface area contributed by atoms with Crippen LogP contribution in [0, 0.1) is 58.2 Å². The second kappa shape index (κ2) is 13.4. The van der Waals surface area contributed by atoms with E-state index < -0.39 is 145 Å².